The minimum absolute atomic E-state index is 0.468. The minimum Gasteiger partial charge on any atom is -0.491 e. The van der Waals surface area contributed by atoms with Crippen LogP contribution in [0.3, 0.4) is 0 Å². The first-order valence-corrected chi connectivity index (χ1v) is 12.0. The van der Waals surface area contributed by atoms with Gasteiger partial charge in [-0.2, -0.15) is 0 Å². The van der Waals surface area contributed by atoms with Crippen molar-refractivity contribution < 1.29 is 14.2 Å². The Hall–Kier alpha value is -3.42. The summed E-state index contributed by atoms with van der Waals surface area (Å²) in [4.78, 5) is 9.51. The number of nitrogens with one attached hydrogen (secondary N) is 2. The summed E-state index contributed by atoms with van der Waals surface area (Å²) in [5.74, 6) is 2.25. The van der Waals surface area contributed by atoms with Crippen LogP contribution in [0.5, 0.6) is 11.5 Å². The maximum atomic E-state index is 6.19. The Morgan fingerprint density at radius 1 is 0.824 bits per heavy atom. The van der Waals surface area contributed by atoms with Crippen LogP contribution in [0.4, 0.5) is 11.6 Å². The maximum Gasteiger partial charge on any atom is 0.227 e. The average Bonchev–Trinajstić information content (AvgIpc) is 2.88. The molecule has 0 saturated carbocycles. The summed E-state index contributed by atoms with van der Waals surface area (Å²) in [6.45, 7) is 3.82. The number of aryl methyl sites for hydroxylation is 2. The third-order valence-electron chi connectivity index (χ3n) is 6.49. The molecule has 1 aromatic heterocycles. The fourth-order valence-electron chi connectivity index (χ4n) is 4.75. The summed E-state index contributed by atoms with van der Waals surface area (Å²) < 4.78 is 17.9. The second-order valence-electron chi connectivity index (χ2n) is 8.72. The van der Waals surface area contributed by atoms with E-state index in [-0.39, 0.29) is 0 Å². The highest BCUT2D eigenvalue weighted by Gasteiger charge is 2.20. The maximum absolute atomic E-state index is 6.19. The quantitative estimate of drug-likeness (QED) is 0.570. The summed E-state index contributed by atoms with van der Waals surface area (Å²) in [6.07, 6.45) is 7.07. The molecular formula is C27H28N4O3. The van der Waals surface area contributed by atoms with Gasteiger partial charge in [-0.25, -0.2) is 9.97 Å². The van der Waals surface area contributed by atoms with E-state index < -0.39 is 0 Å². The van der Waals surface area contributed by atoms with Crippen LogP contribution in [0.25, 0.3) is 16.8 Å². The first-order chi connectivity index (χ1) is 16.8. The SMILES string of the molecule is C1=C(c2ccc3cc2OCCOCCOc2ccc4c(c2)-c2nc(ncc2CC4)N3)CCNC1. The Labute approximate surface area is 199 Å². The summed E-state index contributed by atoms with van der Waals surface area (Å²) in [7, 11) is 0. The van der Waals surface area contributed by atoms with Crippen molar-refractivity contribution in [3.63, 3.8) is 0 Å². The monoisotopic (exact) mass is 456 g/mol. The second kappa shape index (κ2) is 9.44. The van der Waals surface area contributed by atoms with Crippen LogP contribution >= 0.6 is 0 Å². The molecule has 0 unspecified atom stereocenters. The third-order valence-corrected chi connectivity index (χ3v) is 6.49. The Morgan fingerprint density at radius 2 is 1.74 bits per heavy atom. The van der Waals surface area contributed by atoms with Gasteiger partial charge in [-0.1, -0.05) is 12.1 Å². The molecule has 6 rings (SSSR count). The molecule has 3 aromatic rings. The van der Waals surface area contributed by atoms with Gasteiger partial charge in [-0.15, -0.1) is 0 Å². The zero-order valence-electron chi connectivity index (χ0n) is 19.1. The van der Waals surface area contributed by atoms with Gasteiger partial charge >= 0.3 is 0 Å². The van der Waals surface area contributed by atoms with Gasteiger partial charge in [0.15, 0.2) is 0 Å². The van der Waals surface area contributed by atoms with E-state index in [4.69, 9.17) is 19.2 Å². The molecule has 34 heavy (non-hydrogen) atoms. The van der Waals surface area contributed by atoms with Gasteiger partial charge < -0.3 is 24.8 Å². The van der Waals surface area contributed by atoms with E-state index in [1.54, 1.807) is 0 Å². The number of nitrogens with zero attached hydrogens (tertiary/aromatic N) is 2. The molecular weight excluding hydrogens is 428 g/mol. The number of hydrogen-bond donors (Lipinski definition) is 2. The zero-order chi connectivity index (χ0) is 22.7. The highest BCUT2D eigenvalue weighted by atomic mass is 16.5. The smallest absolute Gasteiger partial charge is 0.227 e. The second-order valence-corrected chi connectivity index (χ2v) is 8.72. The summed E-state index contributed by atoms with van der Waals surface area (Å²) >= 11 is 0. The van der Waals surface area contributed by atoms with E-state index in [1.807, 2.05) is 18.3 Å². The summed E-state index contributed by atoms with van der Waals surface area (Å²) in [5, 5.41) is 6.76. The van der Waals surface area contributed by atoms with E-state index in [1.165, 1.54) is 11.1 Å². The van der Waals surface area contributed by atoms with E-state index >= 15 is 0 Å². The first kappa shape index (κ1) is 21.1. The summed E-state index contributed by atoms with van der Waals surface area (Å²) in [5.41, 5.74) is 7.86. The Balaban J connectivity index is 1.38. The number of aromatic nitrogens is 2. The van der Waals surface area contributed by atoms with Crippen LogP contribution in [0.15, 0.2) is 48.7 Å². The fraction of sp³-hybridized carbons (Fsp3) is 0.333. The minimum atomic E-state index is 0.468. The fourth-order valence-corrected chi connectivity index (χ4v) is 4.75. The number of ether oxygens (including phenoxy) is 3. The molecule has 2 aromatic carbocycles. The first-order valence-electron chi connectivity index (χ1n) is 12.0. The van der Waals surface area contributed by atoms with E-state index in [9.17, 15) is 0 Å². The number of hydrogen-bond acceptors (Lipinski definition) is 7. The number of rotatable bonds is 1. The van der Waals surface area contributed by atoms with Crippen LogP contribution in [0, 0.1) is 0 Å². The lowest BCUT2D eigenvalue weighted by Crippen LogP contribution is -2.20. The molecule has 2 N–H and O–H groups in total. The van der Waals surface area contributed by atoms with Crippen molar-refractivity contribution in [2.75, 3.05) is 44.8 Å². The molecule has 174 valence electrons. The van der Waals surface area contributed by atoms with Crippen molar-refractivity contribution in [2.45, 2.75) is 19.3 Å². The average molecular weight is 457 g/mol. The van der Waals surface area contributed by atoms with Gasteiger partial charge in [0.05, 0.1) is 18.9 Å². The molecule has 0 atom stereocenters. The van der Waals surface area contributed by atoms with Gasteiger partial charge in [-0.05, 0) is 66.8 Å². The highest BCUT2D eigenvalue weighted by molar-refractivity contribution is 5.75. The van der Waals surface area contributed by atoms with Crippen LogP contribution in [0.1, 0.15) is 23.1 Å². The van der Waals surface area contributed by atoms with Gasteiger partial charge in [0.25, 0.3) is 0 Å². The van der Waals surface area contributed by atoms with Crippen molar-refractivity contribution in [3.8, 4) is 22.8 Å². The van der Waals surface area contributed by atoms with Crippen molar-refractivity contribution >= 4 is 17.2 Å². The highest BCUT2D eigenvalue weighted by Crippen LogP contribution is 2.36. The molecule has 3 heterocycles. The molecule has 1 aliphatic carbocycles. The molecule has 2 aliphatic heterocycles. The van der Waals surface area contributed by atoms with Crippen LogP contribution in [-0.4, -0.2) is 49.5 Å². The lowest BCUT2D eigenvalue weighted by atomic mass is 9.90. The molecule has 3 aliphatic rings. The third kappa shape index (κ3) is 4.36. The molecule has 7 nitrogen and oxygen atoms in total. The van der Waals surface area contributed by atoms with Gasteiger partial charge in [0, 0.05) is 35.6 Å². The molecule has 0 fully saturated rings. The van der Waals surface area contributed by atoms with Crippen LogP contribution < -0.4 is 20.1 Å². The Bertz CT molecular complexity index is 1240. The number of benzene rings is 2. The van der Waals surface area contributed by atoms with Gasteiger partial charge in [-0.3, -0.25) is 0 Å². The number of fused-ring (bicyclic) bond motifs is 4. The van der Waals surface area contributed by atoms with Crippen molar-refractivity contribution in [1.29, 1.82) is 0 Å². The standard InChI is InChI=1S/C27H28N4O3/c1-2-20-17-29-27-30-21-4-6-23(19-7-9-28-10-8-19)25(15-21)34-14-12-32-11-13-33-22-5-3-18(1)24(16-22)26(20)31-27/h3-7,15-17,28H,1-2,8-14H2,(H,29,30,31). The topological polar surface area (TPSA) is 77.5 Å². The van der Waals surface area contributed by atoms with Gasteiger partial charge in [0.2, 0.25) is 5.95 Å². The van der Waals surface area contributed by atoms with Crippen molar-refractivity contribution in [1.82, 2.24) is 15.3 Å². The molecule has 0 amide bonds. The predicted octanol–water partition coefficient (Wildman–Crippen LogP) is 4.15. The largest absolute Gasteiger partial charge is 0.491 e. The van der Waals surface area contributed by atoms with Crippen LogP contribution in [-0.2, 0) is 17.6 Å². The predicted molar refractivity (Wildman–Crippen MR) is 132 cm³/mol. The molecule has 0 radical (unpaired) electrons. The lowest BCUT2D eigenvalue weighted by molar-refractivity contribution is 0.0764. The molecule has 0 saturated heterocycles. The van der Waals surface area contributed by atoms with Crippen molar-refractivity contribution in [3.05, 3.63) is 65.4 Å². The van der Waals surface area contributed by atoms with E-state index in [0.29, 0.717) is 32.4 Å². The molecule has 7 heteroatoms. The van der Waals surface area contributed by atoms with E-state index in [2.05, 4.69) is 46.0 Å². The van der Waals surface area contributed by atoms with Crippen LogP contribution in [0.2, 0.25) is 0 Å². The molecule has 6 bridgehead atoms. The Kier molecular flexibility index (Phi) is 5.87. The zero-order valence-corrected chi connectivity index (χ0v) is 19.1. The Morgan fingerprint density at radius 3 is 2.65 bits per heavy atom. The number of anilines is 2. The molecule has 0 spiro atoms. The summed E-state index contributed by atoms with van der Waals surface area (Å²) in [6, 6.07) is 12.5. The van der Waals surface area contributed by atoms with E-state index in [0.717, 1.165) is 71.9 Å². The van der Waals surface area contributed by atoms with Crippen molar-refractivity contribution in [2.24, 2.45) is 0 Å². The lowest BCUT2D eigenvalue weighted by Gasteiger charge is -2.20. The van der Waals surface area contributed by atoms with Gasteiger partial charge in [0.1, 0.15) is 24.7 Å². The normalized spacial score (nSPS) is 17.6.